The van der Waals surface area contributed by atoms with Crippen molar-refractivity contribution in [2.75, 3.05) is 13.7 Å². The third-order valence-electron chi connectivity index (χ3n) is 3.87. The summed E-state index contributed by atoms with van der Waals surface area (Å²) in [6, 6.07) is 2.80. The molecule has 0 saturated carbocycles. The number of hydrogen-bond donors (Lipinski definition) is 1. The average Bonchev–Trinajstić information content (AvgIpc) is 3.05. The van der Waals surface area contributed by atoms with E-state index in [1.165, 1.54) is 42.5 Å². The summed E-state index contributed by atoms with van der Waals surface area (Å²) in [5, 5.41) is 5.69. The average molecular weight is 267 g/mol. The van der Waals surface area contributed by atoms with E-state index in [2.05, 4.69) is 30.7 Å². The van der Waals surface area contributed by atoms with E-state index in [1.807, 2.05) is 11.3 Å². The van der Waals surface area contributed by atoms with Crippen molar-refractivity contribution in [1.82, 2.24) is 5.32 Å². The van der Waals surface area contributed by atoms with Crippen molar-refractivity contribution in [3.05, 3.63) is 21.9 Å². The van der Waals surface area contributed by atoms with Crippen LogP contribution in [-0.2, 0) is 11.2 Å². The Bertz CT molecular complexity index is 344. The highest BCUT2D eigenvalue weighted by molar-refractivity contribution is 7.10. The highest BCUT2D eigenvalue weighted by Gasteiger charge is 2.18. The molecular weight excluding hydrogens is 242 g/mol. The first-order valence-electron chi connectivity index (χ1n) is 7.20. The summed E-state index contributed by atoms with van der Waals surface area (Å²) in [7, 11) is 2.08. The lowest BCUT2D eigenvalue weighted by atomic mass is 10.0. The minimum atomic E-state index is 0.529. The molecule has 1 aliphatic rings. The van der Waals surface area contributed by atoms with E-state index in [9.17, 15) is 0 Å². The van der Waals surface area contributed by atoms with Gasteiger partial charge in [0.05, 0.1) is 6.10 Å². The van der Waals surface area contributed by atoms with Gasteiger partial charge in [-0.15, -0.1) is 11.3 Å². The van der Waals surface area contributed by atoms with Crippen molar-refractivity contribution in [3.8, 4) is 0 Å². The highest BCUT2D eigenvalue weighted by Crippen LogP contribution is 2.29. The fourth-order valence-corrected chi connectivity index (χ4v) is 3.92. The van der Waals surface area contributed by atoms with E-state index in [0.717, 1.165) is 13.0 Å². The lowest BCUT2D eigenvalue weighted by molar-refractivity contribution is 0.101. The van der Waals surface area contributed by atoms with Gasteiger partial charge in [-0.05, 0) is 62.6 Å². The van der Waals surface area contributed by atoms with E-state index in [4.69, 9.17) is 4.74 Å². The van der Waals surface area contributed by atoms with Crippen LogP contribution >= 0.6 is 11.3 Å². The number of thiophene rings is 1. The Kier molecular flexibility index (Phi) is 5.67. The summed E-state index contributed by atoms with van der Waals surface area (Å²) in [4.78, 5) is 1.53. The predicted octanol–water partition coefficient (Wildman–Crippen LogP) is 3.92. The second kappa shape index (κ2) is 7.27. The van der Waals surface area contributed by atoms with E-state index in [1.54, 1.807) is 0 Å². The zero-order chi connectivity index (χ0) is 12.8. The van der Waals surface area contributed by atoms with Crippen LogP contribution in [0.4, 0.5) is 0 Å². The van der Waals surface area contributed by atoms with Gasteiger partial charge in [0.1, 0.15) is 0 Å². The molecule has 0 bridgehead atoms. The molecule has 1 saturated heterocycles. The molecule has 2 heterocycles. The number of hydrogen-bond acceptors (Lipinski definition) is 3. The van der Waals surface area contributed by atoms with Gasteiger partial charge in [-0.1, -0.05) is 6.92 Å². The minimum Gasteiger partial charge on any atom is -0.378 e. The van der Waals surface area contributed by atoms with Gasteiger partial charge >= 0.3 is 0 Å². The Hall–Kier alpha value is -0.380. The first-order valence-corrected chi connectivity index (χ1v) is 8.08. The number of nitrogens with one attached hydrogen (secondary N) is 1. The lowest BCUT2D eigenvalue weighted by Gasteiger charge is -2.17. The molecule has 2 nitrogen and oxygen atoms in total. The third-order valence-corrected chi connectivity index (χ3v) is 4.94. The van der Waals surface area contributed by atoms with E-state index in [0.29, 0.717) is 12.1 Å². The number of ether oxygens (including phenoxy) is 1. The van der Waals surface area contributed by atoms with Crippen LogP contribution in [0.5, 0.6) is 0 Å². The van der Waals surface area contributed by atoms with Gasteiger partial charge in [-0.2, -0.15) is 0 Å². The van der Waals surface area contributed by atoms with Crippen molar-refractivity contribution in [1.29, 1.82) is 0 Å². The highest BCUT2D eigenvalue weighted by atomic mass is 32.1. The second-order valence-corrected chi connectivity index (χ2v) is 6.02. The molecule has 0 radical (unpaired) electrons. The summed E-state index contributed by atoms with van der Waals surface area (Å²) in [5.41, 5.74) is 1.51. The Balaban J connectivity index is 1.81. The number of aryl methyl sites for hydroxylation is 1. The molecule has 0 aromatic carbocycles. The molecule has 18 heavy (non-hydrogen) atoms. The smallest absolute Gasteiger partial charge is 0.0576 e. The molecule has 2 atom stereocenters. The molecule has 3 heteroatoms. The first-order chi connectivity index (χ1) is 8.85. The zero-order valence-corrected chi connectivity index (χ0v) is 12.4. The Morgan fingerprint density at radius 3 is 3.11 bits per heavy atom. The number of rotatable bonds is 7. The summed E-state index contributed by atoms with van der Waals surface area (Å²) in [6.45, 7) is 3.22. The minimum absolute atomic E-state index is 0.529. The first kappa shape index (κ1) is 14.0. The molecule has 102 valence electrons. The molecule has 0 amide bonds. The summed E-state index contributed by atoms with van der Waals surface area (Å²) in [6.07, 6.45) is 7.92. The molecule has 1 N–H and O–H groups in total. The zero-order valence-electron chi connectivity index (χ0n) is 11.6. The Labute approximate surface area is 115 Å². The molecule has 2 rings (SSSR count). The van der Waals surface area contributed by atoms with Gasteiger partial charge < -0.3 is 10.1 Å². The Morgan fingerprint density at radius 1 is 1.56 bits per heavy atom. The van der Waals surface area contributed by atoms with E-state index in [-0.39, 0.29) is 0 Å². The SMILES string of the molecule is CCc1ccsc1C(CCCC1CCCO1)NC. The molecule has 2 unspecified atom stereocenters. The second-order valence-electron chi connectivity index (χ2n) is 5.07. The predicted molar refractivity (Wildman–Crippen MR) is 78.3 cm³/mol. The van der Waals surface area contributed by atoms with E-state index >= 15 is 0 Å². The molecule has 0 aliphatic carbocycles. The van der Waals surface area contributed by atoms with Crippen LogP contribution in [-0.4, -0.2) is 19.8 Å². The van der Waals surface area contributed by atoms with Crippen LogP contribution in [0.1, 0.15) is 55.5 Å². The summed E-state index contributed by atoms with van der Waals surface area (Å²) in [5.74, 6) is 0. The fraction of sp³-hybridized carbons (Fsp3) is 0.733. The molecular formula is C15H25NOS. The molecule has 1 fully saturated rings. The molecule has 1 aromatic heterocycles. The maximum absolute atomic E-state index is 5.69. The van der Waals surface area contributed by atoms with Crippen LogP contribution in [0.2, 0.25) is 0 Å². The maximum atomic E-state index is 5.69. The van der Waals surface area contributed by atoms with Gasteiger partial charge in [0.2, 0.25) is 0 Å². The van der Waals surface area contributed by atoms with E-state index < -0.39 is 0 Å². The quantitative estimate of drug-likeness (QED) is 0.808. The summed E-state index contributed by atoms with van der Waals surface area (Å²) < 4.78 is 5.69. The van der Waals surface area contributed by atoms with Crippen LogP contribution < -0.4 is 5.32 Å². The maximum Gasteiger partial charge on any atom is 0.0576 e. The van der Waals surface area contributed by atoms with Crippen LogP contribution in [0.25, 0.3) is 0 Å². The van der Waals surface area contributed by atoms with Crippen LogP contribution in [0.15, 0.2) is 11.4 Å². The van der Waals surface area contributed by atoms with Gasteiger partial charge in [0, 0.05) is 17.5 Å². The molecule has 1 aromatic rings. The van der Waals surface area contributed by atoms with Gasteiger partial charge in [-0.3, -0.25) is 0 Å². The fourth-order valence-electron chi connectivity index (χ4n) is 2.77. The molecule has 1 aliphatic heterocycles. The normalized spacial score (nSPS) is 21.3. The van der Waals surface area contributed by atoms with Crippen molar-refractivity contribution >= 4 is 11.3 Å². The van der Waals surface area contributed by atoms with Gasteiger partial charge in [0.25, 0.3) is 0 Å². The summed E-state index contributed by atoms with van der Waals surface area (Å²) >= 11 is 1.90. The lowest BCUT2D eigenvalue weighted by Crippen LogP contribution is -2.17. The van der Waals surface area contributed by atoms with Crippen molar-refractivity contribution < 1.29 is 4.74 Å². The standard InChI is InChI=1S/C15H25NOS/c1-3-12-9-11-18-15(12)14(16-2)8-4-6-13-7-5-10-17-13/h9,11,13-14,16H,3-8,10H2,1-2H3. The topological polar surface area (TPSA) is 21.3 Å². The van der Waals surface area contributed by atoms with Crippen molar-refractivity contribution in [2.24, 2.45) is 0 Å². The van der Waals surface area contributed by atoms with Crippen molar-refractivity contribution in [3.63, 3.8) is 0 Å². The van der Waals surface area contributed by atoms with Gasteiger partial charge in [0.15, 0.2) is 0 Å². The monoisotopic (exact) mass is 267 g/mol. The van der Waals surface area contributed by atoms with Crippen LogP contribution in [0, 0.1) is 0 Å². The van der Waals surface area contributed by atoms with Crippen LogP contribution in [0.3, 0.4) is 0 Å². The van der Waals surface area contributed by atoms with Gasteiger partial charge in [-0.25, -0.2) is 0 Å². The molecule has 0 spiro atoms. The largest absolute Gasteiger partial charge is 0.378 e. The Morgan fingerprint density at radius 2 is 2.44 bits per heavy atom. The van der Waals surface area contributed by atoms with Crippen molar-refractivity contribution in [2.45, 2.75) is 57.6 Å². The third kappa shape index (κ3) is 3.56.